The summed E-state index contributed by atoms with van der Waals surface area (Å²) < 4.78 is 0.931. The Bertz CT molecular complexity index is 374. The van der Waals surface area contributed by atoms with E-state index in [1.54, 1.807) is 0 Å². The van der Waals surface area contributed by atoms with E-state index in [2.05, 4.69) is 29.8 Å². The first kappa shape index (κ1) is 14.4. The second-order valence-corrected chi connectivity index (χ2v) is 6.03. The minimum Gasteiger partial charge on any atom is -0.294 e. The average molecular weight is 304 g/mol. The van der Waals surface area contributed by atoms with Gasteiger partial charge in [0.15, 0.2) is 5.78 Å². The molecule has 0 spiro atoms. The SMILES string of the molecule is CON(C)C(=O)CC(=O)C1=C(Br)CC(C)(C)C1. The number of allylic oxidation sites excluding steroid dienone is 2. The zero-order chi connectivity index (χ0) is 13.2. The predicted octanol–water partition coefficient (Wildman–Crippen LogP) is 2.43. The summed E-state index contributed by atoms with van der Waals surface area (Å²) in [7, 11) is 2.90. The molecular weight excluding hydrogens is 286 g/mol. The van der Waals surface area contributed by atoms with Gasteiger partial charge in [-0.15, -0.1) is 0 Å². The van der Waals surface area contributed by atoms with Crippen molar-refractivity contribution in [2.24, 2.45) is 5.41 Å². The number of ketones is 1. The molecule has 0 heterocycles. The first-order valence-corrected chi connectivity index (χ1v) is 6.27. The summed E-state index contributed by atoms with van der Waals surface area (Å²) in [5.74, 6) is -0.439. The Hall–Kier alpha value is -0.680. The molecule has 1 rings (SSSR count). The fourth-order valence-corrected chi connectivity index (χ4v) is 2.99. The lowest BCUT2D eigenvalue weighted by atomic mass is 9.89. The maximum absolute atomic E-state index is 12.0. The highest BCUT2D eigenvalue weighted by Crippen LogP contribution is 2.44. The van der Waals surface area contributed by atoms with Crippen molar-refractivity contribution in [2.75, 3.05) is 14.2 Å². The van der Waals surface area contributed by atoms with Gasteiger partial charge in [0.05, 0.1) is 13.5 Å². The number of hydrogen-bond donors (Lipinski definition) is 0. The van der Waals surface area contributed by atoms with Crippen molar-refractivity contribution in [3.63, 3.8) is 0 Å². The second-order valence-electron chi connectivity index (χ2n) is 5.07. The molecule has 0 aromatic carbocycles. The Morgan fingerprint density at radius 1 is 1.41 bits per heavy atom. The molecule has 1 amide bonds. The van der Waals surface area contributed by atoms with Crippen molar-refractivity contribution in [2.45, 2.75) is 33.1 Å². The van der Waals surface area contributed by atoms with E-state index in [4.69, 9.17) is 4.84 Å². The van der Waals surface area contributed by atoms with Gasteiger partial charge in [-0.05, 0) is 18.3 Å². The van der Waals surface area contributed by atoms with Crippen LogP contribution in [-0.2, 0) is 14.4 Å². The molecule has 0 aliphatic heterocycles. The summed E-state index contributed by atoms with van der Waals surface area (Å²) in [6, 6.07) is 0. The average Bonchev–Trinajstić information content (AvgIpc) is 2.50. The molecule has 4 nitrogen and oxygen atoms in total. The highest BCUT2D eigenvalue weighted by atomic mass is 79.9. The van der Waals surface area contributed by atoms with Crippen molar-refractivity contribution in [3.8, 4) is 0 Å². The third-order valence-electron chi connectivity index (χ3n) is 2.89. The number of hydroxylamine groups is 2. The van der Waals surface area contributed by atoms with Crippen molar-refractivity contribution < 1.29 is 14.4 Å². The van der Waals surface area contributed by atoms with Gasteiger partial charge in [0, 0.05) is 17.1 Å². The van der Waals surface area contributed by atoms with Crippen LogP contribution in [0.3, 0.4) is 0 Å². The summed E-state index contributed by atoms with van der Waals surface area (Å²) >= 11 is 3.43. The summed E-state index contributed by atoms with van der Waals surface area (Å²) in [5, 5.41) is 1.08. The van der Waals surface area contributed by atoms with E-state index in [1.807, 2.05) is 0 Å². The zero-order valence-corrected chi connectivity index (χ0v) is 12.3. The van der Waals surface area contributed by atoms with Gasteiger partial charge in [0.25, 0.3) is 5.91 Å². The van der Waals surface area contributed by atoms with Crippen LogP contribution < -0.4 is 0 Å². The first-order chi connectivity index (χ1) is 7.76. The molecule has 1 aliphatic rings. The van der Waals surface area contributed by atoms with Crippen LogP contribution in [0, 0.1) is 5.41 Å². The van der Waals surface area contributed by atoms with E-state index in [0.29, 0.717) is 0 Å². The Morgan fingerprint density at radius 3 is 2.41 bits per heavy atom. The molecule has 1 aliphatic carbocycles. The second kappa shape index (κ2) is 5.31. The van der Waals surface area contributed by atoms with Gasteiger partial charge in [0.1, 0.15) is 0 Å². The molecule has 0 fully saturated rings. The van der Waals surface area contributed by atoms with Crippen LogP contribution in [-0.4, -0.2) is 30.9 Å². The zero-order valence-electron chi connectivity index (χ0n) is 10.7. The van der Waals surface area contributed by atoms with Crippen molar-refractivity contribution in [1.29, 1.82) is 0 Å². The molecule has 0 aromatic rings. The van der Waals surface area contributed by atoms with Gasteiger partial charge in [-0.1, -0.05) is 29.8 Å². The summed E-state index contributed by atoms with van der Waals surface area (Å²) in [6.45, 7) is 4.22. The number of carbonyl (C=O) groups excluding carboxylic acids is 2. The number of halogens is 1. The molecule has 17 heavy (non-hydrogen) atoms. The maximum atomic E-state index is 12.0. The third kappa shape index (κ3) is 3.64. The number of amides is 1. The predicted molar refractivity (Wildman–Crippen MR) is 68.4 cm³/mol. The Labute approximate surface area is 110 Å². The number of Topliss-reactive ketones (excluding diaryl/α,β-unsaturated/α-hetero) is 1. The van der Waals surface area contributed by atoms with E-state index in [9.17, 15) is 9.59 Å². The molecule has 0 radical (unpaired) electrons. The van der Waals surface area contributed by atoms with Crippen LogP contribution >= 0.6 is 15.9 Å². The Morgan fingerprint density at radius 2 is 2.00 bits per heavy atom. The van der Waals surface area contributed by atoms with Gasteiger partial charge < -0.3 is 0 Å². The fraction of sp³-hybridized carbons (Fsp3) is 0.667. The normalized spacial score (nSPS) is 18.4. The molecule has 0 unspecified atom stereocenters. The third-order valence-corrected chi connectivity index (χ3v) is 3.65. The molecule has 0 saturated carbocycles. The molecule has 0 saturated heterocycles. The fourth-order valence-electron chi connectivity index (χ4n) is 1.87. The molecule has 0 aromatic heterocycles. The molecule has 96 valence electrons. The lowest BCUT2D eigenvalue weighted by molar-refractivity contribution is -0.169. The van der Waals surface area contributed by atoms with Crippen LogP contribution in [0.5, 0.6) is 0 Å². The van der Waals surface area contributed by atoms with Gasteiger partial charge in [-0.2, -0.15) is 0 Å². The Kier molecular flexibility index (Phi) is 4.49. The Balaban J connectivity index is 2.67. The van der Waals surface area contributed by atoms with E-state index >= 15 is 0 Å². The standard InChI is InChI=1S/C12H18BrNO3/c1-12(2)6-8(9(13)7-12)10(15)5-11(16)14(3)17-4/h5-7H2,1-4H3. The van der Waals surface area contributed by atoms with Gasteiger partial charge in [-0.25, -0.2) is 5.06 Å². The summed E-state index contributed by atoms with van der Waals surface area (Å²) in [5.41, 5.74) is 0.841. The lowest BCUT2D eigenvalue weighted by Crippen LogP contribution is -2.28. The van der Waals surface area contributed by atoms with E-state index in [0.717, 1.165) is 28.0 Å². The molecule has 0 atom stereocenters. The monoisotopic (exact) mass is 303 g/mol. The van der Waals surface area contributed by atoms with Crippen LogP contribution in [0.25, 0.3) is 0 Å². The van der Waals surface area contributed by atoms with Gasteiger partial charge in [-0.3, -0.25) is 14.4 Å². The molecule has 0 bridgehead atoms. The lowest BCUT2D eigenvalue weighted by Gasteiger charge is -2.17. The number of carbonyl (C=O) groups is 2. The van der Waals surface area contributed by atoms with Crippen LogP contribution in [0.1, 0.15) is 33.1 Å². The molecule has 0 N–H and O–H groups in total. The van der Waals surface area contributed by atoms with Gasteiger partial charge >= 0.3 is 0 Å². The molecule has 5 heteroatoms. The molecular formula is C12H18BrNO3. The summed E-state index contributed by atoms with van der Waals surface area (Å²) in [4.78, 5) is 28.3. The topological polar surface area (TPSA) is 46.6 Å². The van der Waals surface area contributed by atoms with E-state index < -0.39 is 0 Å². The van der Waals surface area contributed by atoms with Crippen LogP contribution in [0.4, 0.5) is 0 Å². The largest absolute Gasteiger partial charge is 0.294 e. The van der Waals surface area contributed by atoms with Crippen LogP contribution in [0.15, 0.2) is 10.1 Å². The number of rotatable bonds is 4. The minimum absolute atomic E-state index is 0.0973. The summed E-state index contributed by atoms with van der Waals surface area (Å²) in [6.07, 6.45) is 1.43. The van der Waals surface area contributed by atoms with Gasteiger partial charge in [0.2, 0.25) is 0 Å². The van der Waals surface area contributed by atoms with E-state index in [1.165, 1.54) is 14.2 Å². The maximum Gasteiger partial charge on any atom is 0.253 e. The van der Waals surface area contributed by atoms with Crippen molar-refractivity contribution in [3.05, 3.63) is 10.1 Å². The number of hydrogen-bond acceptors (Lipinski definition) is 3. The number of nitrogens with zero attached hydrogens (tertiary/aromatic N) is 1. The minimum atomic E-state index is -0.324. The smallest absolute Gasteiger partial charge is 0.253 e. The highest BCUT2D eigenvalue weighted by Gasteiger charge is 2.33. The van der Waals surface area contributed by atoms with E-state index in [-0.39, 0.29) is 23.5 Å². The highest BCUT2D eigenvalue weighted by molar-refractivity contribution is 9.11. The quantitative estimate of drug-likeness (QED) is 0.592. The van der Waals surface area contributed by atoms with Crippen LogP contribution in [0.2, 0.25) is 0 Å². The van der Waals surface area contributed by atoms with Crippen molar-refractivity contribution >= 4 is 27.6 Å². The van der Waals surface area contributed by atoms with Crippen molar-refractivity contribution in [1.82, 2.24) is 5.06 Å². The first-order valence-electron chi connectivity index (χ1n) is 5.48.